The van der Waals surface area contributed by atoms with Crippen molar-refractivity contribution >= 4 is 0 Å². The fourth-order valence-corrected chi connectivity index (χ4v) is 2.70. The van der Waals surface area contributed by atoms with Gasteiger partial charge in [0.2, 0.25) is 5.89 Å². The molecule has 88 valence electrons. The van der Waals surface area contributed by atoms with Crippen molar-refractivity contribution < 1.29 is 4.52 Å². The lowest BCUT2D eigenvalue weighted by atomic mass is 9.94. The Bertz CT molecular complexity index is 381. The Hall–Kier alpha value is -0.900. The molecule has 16 heavy (non-hydrogen) atoms. The summed E-state index contributed by atoms with van der Waals surface area (Å²) in [4.78, 5) is 4.61. The fourth-order valence-electron chi connectivity index (χ4n) is 2.70. The lowest BCUT2D eigenvalue weighted by Gasteiger charge is -2.22. The van der Waals surface area contributed by atoms with Crippen LogP contribution < -0.4 is 5.32 Å². The van der Waals surface area contributed by atoms with Gasteiger partial charge in [0, 0.05) is 5.92 Å². The summed E-state index contributed by atoms with van der Waals surface area (Å²) >= 11 is 0. The highest BCUT2D eigenvalue weighted by molar-refractivity contribution is 5.12. The molecule has 1 aromatic heterocycles. The Morgan fingerprint density at radius 1 is 1.56 bits per heavy atom. The maximum absolute atomic E-state index is 5.47. The third-order valence-corrected chi connectivity index (χ3v) is 4.14. The highest BCUT2D eigenvalue weighted by Crippen LogP contribution is 2.46. The maximum Gasteiger partial charge on any atom is 0.246 e. The highest BCUT2D eigenvalue weighted by Gasteiger charge is 2.42. The summed E-state index contributed by atoms with van der Waals surface area (Å²) in [6.45, 7) is 5.48. The molecule has 4 heteroatoms. The summed E-state index contributed by atoms with van der Waals surface area (Å²) in [6, 6.07) is 0. The van der Waals surface area contributed by atoms with Crippen LogP contribution in [0.3, 0.4) is 0 Å². The summed E-state index contributed by atoms with van der Waals surface area (Å²) in [5, 5.41) is 7.66. The van der Waals surface area contributed by atoms with Gasteiger partial charge < -0.3 is 9.84 Å². The van der Waals surface area contributed by atoms with Crippen LogP contribution in [0, 0.1) is 5.92 Å². The fraction of sp³-hybridized carbons (Fsp3) is 0.833. The van der Waals surface area contributed by atoms with Crippen molar-refractivity contribution in [3.63, 3.8) is 0 Å². The zero-order chi connectivity index (χ0) is 11.2. The Labute approximate surface area is 95.8 Å². The number of aromatic nitrogens is 2. The van der Waals surface area contributed by atoms with E-state index in [4.69, 9.17) is 4.52 Å². The van der Waals surface area contributed by atoms with E-state index in [1.54, 1.807) is 0 Å². The average molecular weight is 221 g/mol. The molecule has 1 saturated heterocycles. The van der Waals surface area contributed by atoms with Crippen LogP contribution in [-0.2, 0) is 5.54 Å². The molecule has 3 atom stereocenters. The number of hydrogen-bond acceptors (Lipinski definition) is 4. The Balaban J connectivity index is 1.85. The van der Waals surface area contributed by atoms with Crippen molar-refractivity contribution in [2.45, 2.75) is 51.0 Å². The van der Waals surface area contributed by atoms with E-state index < -0.39 is 0 Å². The van der Waals surface area contributed by atoms with E-state index in [-0.39, 0.29) is 5.54 Å². The normalized spacial score (nSPS) is 37.9. The first-order valence-electron chi connectivity index (χ1n) is 6.34. The third-order valence-electron chi connectivity index (χ3n) is 4.14. The second-order valence-corrected chi connectivity index (χ2v) is 5.24. The quantitative estimate of drug-likeness (QED) is 0.850. The molecule has 2 heterocycles. The van der Waals surface area contributed by atoms with Crippen molar-refractivity contribution in [1.29, 1.82) is 0 Å². The standard InChI is InChI=1S/C12H19N3O/c1-3-12(5-4-6-13-12)11-14-10(15-16-11)9-7-8(9)2/h8-9,13H,3-7H2,1-2H3. The first-order chi connectivity index (χ1) is 7.75. The summed E-state index contributed by atoms with van der Waals surface area (Å²) in [5.74, 6) is 3.01. The van der Waals surface area contributed by atoms with Crippen LogP contribution in [0.25, 0.3) is 0 Å². The van der Waals surface area contributed by atoms with E-state index in [1.807, 2.05) is 0 Å². The monoisotopic (exact) mass is 221 g/mol. The van der Waals surface area contributed by atoms with Crippen molar-refractivity contribution in [3.8, 4) is 0 Å². The van der Waals surface area contributed by atoms with Crippen molar-refractivity contribution in [1.82, 2.24) is 15.5 Å². The summed E-state index contributed by atoms with van der Waals surface area (Å²) in [5.41, 5.74) is -0.0383. The summed E-state index contributed by atoms with van der Waals surface area (Å²) in [7, 11) is 0. The van der Waals surface area contributed by atoms with Crippen LogP contribution in [0.2, 0.25) is 0 Å². The van der Waals surface area contributed by atoms with Gasteiger partial charge in [-0.15, -0.1) is 0 Å². The molecule has 0 amide bonds. The molecule has 3 unspecified atom stereocenters. The van der Waals surface area contributed by atoms with E-state index >= 15 is 0 Å². The molecule has 1 N–H and O–H groups in total. The zero-order valence-corrected chi connectivity index (χ0v) is 9.99. The predicted molar refractivity (Wildman–Crippen MR) is 60.0 cm³/mol. The van der Waals surface area contributed by atoms with E-state index in [9.17, 15) is 0 Å². The number of rotatable bonds is 3. The molecule has 0 spiro atoms. The molecule has 2 aliphatic rings. The lowest BCUT2D eigenvalue weighted by molar-refractivity contribution is 0.249. The van der Waals surface area contributed by atoms with Gasteiger partial charge in [0.15, 0.2) is 5.82 Å². The highest BCUT2D eigenvalue weighted by atomic mass is 16.5. The van der Waals surface area contributed by atoms with Gasteiger partial charge >= 0.3 is 0 Å². The SMILES string of the molecule is CCC1(c2nc(C3CC3C)no2)CCCN1. The van der Waals surface area contributed by atoms with Gasteiger partial charge in [-0.25, -0.2) is 0 Å². The molecule has 1 aliphatic carbocycles. The molecule has 4 nitrogen and oxygen atoms in total. The van der Waals surface area contributed by atoms with E-state index in [1.165, 1.54) is 12.8 Å². The predicted octanol–water partition coefficient (Wildman–Crippen LogP) is 2.18. The number of nitrogens with zero attached hydrogens (tertiary/aromatic N) is 2. The van der Waals surface area contributed by atoms with E-state index in [0.29, 0.717) is 5.92 Å². The zero-order valence-electron chi connectivity index (χ0n) is 9.99. The van der Waals surface area contributed by atoms with Crippen LogP contribution in [-0.4, -0.2) is 16.7 Å². The molecular formula is C12H19N3O. The van der Waals surface area contributed by atoms with Gasteiger partial charge in [-0.3, -0.25) is 0 Å². The molecule has 0 radical (unpaired) electrons. The number of hydrogen-bond donors (Lipinski definition) is 1. The smallest absolute Gasteiger partial charge is 0.246 e. The number of nitrogens with one attached hydrogen (secondary N) is 1. The van der Waals surface area contributed by atoms with Crippen LogP contribution in [0.15, 0.2) is 4.52 Å². The Kier molecular flexibility index (Phi) is 2.28. The summed E-state index contributed by atoms with van der Waals surface area (Å²) < 4.78 is 5.47. The second-order valence-electron chi connectivity index (χ2n) is 5.24. The minimum absolute atomic E-state index is 0.0383. The largest absolute Gasteiger partial charge is 0.337 e. The first kappa shape index (κ1) is 10.3. The molecule has 1 aromatic rings. The molecular weight excluding hydrogens is 202 g/mol. The Morgan fingerprint density at radius 3 is 2.94 bits per heavy atom. The topological polar surface area (TPSA) is 51.0 Å². The maximum atomic E-state index is 5.47. The van der Waals surface area contributed by atoms with Crippen LogP contribution in [0.5, 0.6) is 0 Å². The molecule has 2 fully saturated rings. The molecule has 3 rings (SSSR count). The van der Waals surface area contributed by atoms with Crippen molar-refractivity contribution in [3.05, 3.63) is 11.7 Å². The van der Waals surface area contributed by atoms with Crippen LogP contribution in [0.1, 0.15) is 57.2 Å². The Morgan fingerprint density at radius 2 is 2.38 bits per heavy atom. The van der Waals surface area contributed by atoms with E-state index in [2.05, 4.69) is 29.3 Å². The molecule has 0 aromatic carbocycles. The van der Waals surface area contributed by atoms with Gasteiger partial charge in [-0.2, -0.15) is 4.98 Å². The minimum atomic E-state index is -0.0383. The van der Waals surface area contributed by atoms with E-state index in [0.717, 1.165) is 37.0 Å². The average Bonchev–Trinajstić information content (AvgIpc) is 2.81. The molecule has 0 bridgehead atoms. The second kappa shape index (κ2) is 3.55. The molecule has 1 aliphatic heterocycles. The molecule has 1 saturated carbocycles. The van der Waals surface area contributed by atoms with Crippen LogP contribution in [0.4, 0.5) is 0 Å². The first-order valence-corrected chi connectivity index (χ1v) is 6.34. The van der Waals surface area contributed by atoms with Gasteiger partial charge in [-0.05, 0) is 38.1 Å². The van der Waals surface area contributed by atoms with Gasteiger partial charge in [0.1, 0.15) is 0 Å². The minimum Gasteiger partial charge on any atom is -0.337 e. The van der Waals surface area contributed by atoms with Crippen molar-refractivity contribution in [2.24, 2.45) is 5.92 Å². The van der Waals surface area contributed by atoms with Gasteiger partial charge in [0.05, 0.1) is 5.54 Å². The summed E-state index contributed by atoms with van der Waals surface area (Å²) in [6.07, 6.45) is 4.55. The van der Waals surface area contributed by atoms with Crippen LogP contribution >= 0.6 is 0 Å². The lowest BCUT2D eigenvalue weighted by Crippen LogP contribution is -2.36. The van der Waals surface area contributed by atoms with Crippen molar-refractivity contribution in [2.75, 3.05) is 6.54 Å². The van der Waals surface area contributed by atoms with Gasteiger partial charge in [-0.1, -0.05) is 19.0 Å². The third kappa shape index (κ3) is 1.47. The van der Waals surface area contributed by atoms with Gasteiger partial charge in [0.25, 0.3) is 0 Å².